The molecule has 7 heteroatoms. The Morgan fingerprint density at radius 3 is 2.64 bits per heavy atom. The Balaban J connectivity index is 1.68. The molecular weight excluding hydrogens is 360 g/mol. The van der Waals surface area contributed by atoms with E-state index in [0.29, 0.717) is 11.4 Å². The number of rotatable bonds is 7. The number of nitrogens with one attached hydrogen (secondary N) is 1. The van der Waals surface area contributed by atoms with Crippen molar-refractivity contribution in [3.05, 3.63) is 59.7 Å². The summed E-state index contributed by atoms with van der Waals surface area (Å²) in [5.74, 6) is -0.921. The molecule has 0 saturated carbocycles. The molecule has 1 aliphatic rings. The minimum absolute atomic E-state index is 0.0576. The Morgan fingerprint density at radius 1 is 1.18 bits per heavy atom. The van der Waals surface area contributed by atoms with Crippen LogP contribution in [-0.2, 0) is 14.4 Å². The molecule has 7 nitrogen and oxygen atoms in total. The molecule has 0 spiro atoms. The van der Waals surface area contributed by atoms with Crippen LogP contribution in [0.1, 0.15) is 30.0 Å². The minimum Gasteiger partial charge on any atom is -0.482 e. The van der Waals surface area contributed by atoms with Crippen LogP contribution >= 0.6 is 0 Å². The van der Waals surface area contributed by atoms with E-state index >= 15 is 0 Å². The topological polar surface area (TPSA) is 95.9 Å². The standard InChI is InChI=1S/C21H22N2O5/c1-14-6-2-3-7-15(14)16(12-21(26)27)22-19(24)10-11-23-17-8-4-5-9-18(17)28-13-20(23)25/h2-9,16H,10-13H2,1H3,(H,22,24)(H,26,27). The first-order chi connectivity index (χ1) is 13.5. The molecule has 0 bridgehead atoms. The largest absolute Gasteiger partial charge is 0.482 e. The van der Waals surface area contributed by atoms with Crippen LogP contribution in [-0.4, -0.2) is 36.0 Å². The molecule has 0 aliphatic carbocycles. The van der Waals surface area contributed by atoms with Crippen LogP contribution in [0.15, 0.2) is 48.5 Å². The molecule has 1 unspecified atom stereocenters. The average Bonchev–Trinajstić information content (AvgIpc) is 2.67. The second-order valence-corrected chi connectivity index (χ2v) is 6.63. The van der Waals surface area contributed by atoms with Crippen LogP contribution in [0.25, 0.3) is 0 Å². The molecule has 1 aliphatic heterocycles. The third kappa shape index (κ3) is 4.49. The van der Waals surface area contributed by atoms with E-state index in [-0.39, 0.29) is 37.8 Å². The highest BCUT2D eigenvalue weighted by molar-refractivity contribution is 5.98. The lowest BCUT2D eigenvalue weighted by Gasteiger charge is -2.29. The first-order valence-electron chi connectivity index (χ1n) is 9.04. The Labute approximate surface area is 162 Å². The van der Waals surface area contributed by atoms with Gasteiger partial charge in [-0.2, -0.15) is 0 Å². The second-order valence-electron chi connectivity index (χ2n) is 6.63. The first kappa shape index (κ1) is 19.4. The lowest BCUT2D eigenvalue weighted by Crippen LogP contribution is -2.41. The molecule has 0 aromatic heterocycles. The molecule has 146 valence electrons. The van der Waals surface area contributed by atoms with E-state index in [1.54, 1.807) is 18.2 Å². The number of hydrogen-bond donors (Lipinski definition) is 2. The summed E-state index contributed by atoms with van der Waals surface area (Å²) in [5.41, 5.74) is 2.31. The van der Waals surface area contributed by atoms with E-state index in [0.717, 1.165) is 11.1 Å². The Bertz CT molecular complexity index is 896. The van der Waals surface area contributed by atoms with Gasteiger partial charge in [0.25, 0.3) is 5.91 Å². The third-order valence-electron chi connectivity index (χ3n) is 4.65. The van der Waals surface area contributed by atoms with Gasteiger partial charge in [-0.1, -0.05) is 36.4 Å². The molecule has 1 heterocycles. The van der Waals surface area contributed by atoms with Crippen LogP contribution < -0.4 is 15.0 Å². The zero-order valence-corrected chi connectivity index (χ0v) is 15.6. The number of carboxylic acid groups (broad SMARTS) is 1. The fourth-order valence-corrected chi connectivity index (χ4v) is 3.27. The fourth-order valence-electron chi connectivity index (χ4n) is 3.27. The summed E-state index contributed by atoms with van der Waals surface area (Å²) in [7, 11) is 0. The summed E-state index contributed by atoms with van der Waals surface area (Å²) in [6.45, 7) is 2.00. The van der Waals surface area contributed by atoms with E-state index in [4.69, 9.17) is 4.74 Å². The van der Waals surface area contributed by atoms with Gasteiger partial charge in [0.15, 0.2) is 6.61 Å². The lowest BCUT2D eigenvalue weighted by molar-refractivity contribution is -0.137. The summed E-state index contributed by atoms with van der Waals surface area (Å²) in [4.78, 5) is 37.5. The molecule has 0 fully saturated rings. The van der Waals surface area contributed by atoms with Crippen molar-refractivity contribution in [1.82, 2.24) is 5.32 Å². The van der Waals surface area contributed by atoms with Crippen molar-refractivity contribution < 1.29 is 24.2 Å². The van der Waals surface area contributed by atoms with Gasteiger partial charge >= 0.3 is 5.97 Å². The van der Waals surface area contributed by atoms with Crippen molar-refractivity contribution in [2.45, 2.75) is 25.8 Å². The quantitative estimate of drug-likeness (QED) is 0.767. The van der Waals surface area contributed by atoms with Gasteiger partial charge in [0.2, 0.25) is 5.91 Å². The van der Waals surface area contributed by atoms with Crippen molar-refractivity contribution in [2.75, 3.05) is 18.1 Å². The van der Waals surface area contributed by atoms with Crippen molar-refractivity contribution in [1.29, 1.82) is 0 Å². The number of carbonyl (C=O) groups excluding carboxylic acids is 2. The second kappa shape index (κ2) is 8.56. The number of ether oxygens (including phenoxy) is 1. The van der Waals surface area contributed by atoms with E-state index in [1.807, 2.05) is 37.3 Å². The fraction of sp³-hybridized carbons (Fsp3) is 0.286. The van der Waals surface area contributed by atoms with E-state index in [9.17, 15) is 19.5 Å². The van der Waals surface area contributed by atoms with Crippen molar-refractivity contribution in [3.8, 4) is 5.75 Å². The van der Waals surface area contributed by atoms with Gasteiger partial charge in [0, 0.05) is 13.0 Å². The maximum absolute atomic E-state index is 12.5. The van der Waals surface area contributed by atoms with E-state index in [1.165, 1.54) is 4.90 Å². The zero-order valence-electron chi connectivity index (χ0n) is 15.6. The van der Waals surface area contributed by atoms with Crippen molar-refractivity contribution >= 4 is 23.5 Å². The molecule has 28 heavy (non-hydrogen) atoms. The monoisotopic (exact) mass is 382 g/mol. The van der Waals surface area contributed by atoms with Gasteiger partial charge in [-0.15, -0.1) is 0 Å². The third-order valence-corrected chi connectivity index (χ3v) is 4.65. The molecule has 0 saturated heterocycles. The van der Waals surface area contributed by atoms with Crippen molar-refractivity contribution in [2.24, 2.45) is 0 Å². The number of benzene rings is 2. The van der Waals surface area contributed by atoms with Gasteiger partial charge in [0.1, 0.15) is 5.75 Å². The van der Waals surface area contributed by atoms with Gasteiger partial charge in [-0.3, -0.25) is 14.4 Å². The maximum atomic E-state index is 12.5. The predicted octanol–water partition coefficient (Wildman–Crippen LogP) is 2.44. The highest BCUT2D eigenvalue weighted by Crippen LogP contribution is 2.31. The number of aryl methyl sites for hydroxylation is 1. The Kier molecular flexibility index (Phi) is 5.93. The van der Waals surface area contributed by atoms with Gasteiger partial charge in [-0.05, 0) is 30.2 Å². The van der Waals surface area contributed by atoms with Crippen LogP contribution in [0.3, 0.4) is 0 Å². The number of fused-ring (bicyclic) bond motifs is 1. The Hall–Kier alpha value is -3.35. The summed E-state index contributed by atoms with van der Waals surface area (Å²) < 4.78 is 5.40. The molecule has 2 aromatic rings. The number of aliphatic carboxylic acids is 1. The average molecular weight is 382 g/mol. The summed E-state index contributed by atoms with van der Waals surface area (Å²) in [6, 6.07) is 13.9. The SMILES string of the molecule is Cc1ccccc1C(CC(=O)O)NC(=O)CCN1C(=O)COc2ccccc21. The number of nitrogens with zero attached hydrogens (tertiary/aromatic N) is 1. The normalized spacial score (nSPS) is 14.0. The molecule has 3 rings (SSSR count). The van der Waals surface area contributed by atoms with Gasteiger partial charge in [-0.25, -0.2) is 0 Å². The van der Waals surface area contributed by atoms with E-state index < -0.39 is 12.0 Å². The predicted molar refractivity (Wildman–Crippen MR) is 103 cm³/mol. The first-order valence-corrected chi connectivity index (χ1v) is 9.04. The molecular formula is C21H22N2O5. The van der Waals surface area contributed by atoms with Crippen LogP contribution in [0.4, 0.5) is 5.69 Å². The summed E-state index contributed by atoms with van der Waals surface area (Å²) >= 11 is 0. The maximum Gasteiger partial charge on any atom is 0.305 e. The van der Waals surface area contributed by atoms with Crippen molar-refractivity contribution in [3.63, 3.8) is 0 Å². The lowest BCUT2D eigenvalue weighted by atomic mass is 9.98. The Morgan fingerprint density at radius 2 is 1.89 bits per heavy atom. The van der Waals surface area contributed by atoms with Gasteiger partial charge in [0.05, 0.1) is 18.2 Å². The van der Waals surface area contributed by atoms with Crippen LogP contribution in [0, 0.1) is 6.92 Å². The molecule has 2 N–H and O–H groups in total. The highest BCUT2D eigenvalue weighted by atomic mass is 16.5. The smallest absolute Gasteiger partial charge is 0.305 e. The number of amides is 2. The van der Waals surface area contributed by atoms with Gasteiger partial charge < -0.3 is 20.1 Å². The number of anilines is 1. The molecule has 2 amide bonds. The summed E-state index contributed by atoms with van der Waals surface area (Å²) in [6.07, 6.45) is -0.155. The minimum atomic E-state index is -0.995. The summed E-state index contributed by atoms with van der Waals surface area (Å²) in [5, 5.41) is 12.0. The highest BCUT2D eigenvalue weighted by Gasteiger charge is 2.26. The molecule has 2 aromatic carbocycles. The molecule has 1 atom stereocenters. The number of carboxylic acids is 1. The van der Waals surface area contributed by atoms with Crippen LogP contribution in [0.5, 0.6) is 5.75 Å². The number of para-hydroxylation sites is 2. The number of carbonyl (C=O) groups is 3. The van der Waals surface area contributed by atoms with Crippen LogP contribution in [0.2, 0.25) is 0 Å². The number of hydrogen-bond acceptors (Lipinski definition) is 4. The zero-order chi connectivity index (χ0) is 20.1. The molecule has 0 radical (unpaired) electrons. The van der Waals surface area contributed by atoms with E-state index in [2.05, 4.69) is 5.32 Å².